The van der Waals surface area contributed by atoms with Crippen molar-refractivity contribution in [3.05, 3.63) is 65.9 Å². The molecule has 0 atom stereocenters. The van der Waals surface area contributed by atoms with E-state index in [0.29, 0.717) is 31.4 Å². The summed E-state index contributed by atoms with van der Waals surface area (Å²) in [6.45, 7) is 3.07. The summed E-state index contributed by atoms with van der Waals surface area (Å²) >= 11 is 0. The first kappa shape index (κ1) is 27.8. The molecule has 0 bridgehead atoms. The Morgan fingerprint density at radius 3 is 2.39 bits per heavy atom. The molecule has 1 aromatic carbocycles. The number of ketones is 2. The molecule has 2 aliphatic carbocycles. The van der Waals surface area contributed by atoms with E-state index in [-0.39, 0.29) is 46.8 Å². The van der Waals surface area contributed by atoms with E-state index in [1.165, 1.54) is 12.1 Å². The molecule has 1 aliphatic heterocycles. The van der Waals surface area contributed by atoms with Gasteiger partial charge in [-0.05, 0) is 63.6 Å². The molecule has 2 aromatic heterocycles. The van der Waals surface area contributed by atoms with Crippen LogP contribution in [0.2, 0.25) is 0 Å². The highest BCUT2D eigenvalue weighted by Crippen LogP contribution is 2.51. The van der Waals surface area contributed by atoms with Crippen LogP contribution in [-0.4, -0.2) is 61.4 Å². The van der Waals surface area contributed by atoms with Crippen LogP contribution < -0.4 is 0 Å². The number of hydrogen-bond acceptors (Lipinski definition) is 8. The van der Waals surface area contributed by atoms with Crippen molar-refractivity contribution >= 4 is 11.6 Å². The summed E-state index contributed by atoms with van der Waals surface area (Å²) in [4.78, 5) is 38.1. The minimum Gasteiger partial charge on any atom is -0.390 e. The molecule has 6 rings (SSSR count). The Hall–Kier alpha value is -3.37. The zero-order valence-electron chi connectivity index (χ0n) is 23.1. The van der Waals surface area contributed by atoms with Crippen molar-refractivity contribution in [1.29, 1.82) is 0 Å². The summed E-state index contributed by atoms with van der Waals surface area (Å²) in [5.74, 6) is -0.973. The van der Waals surface area contributed by atoms with Crippen LogP contribution in [0.5, 0.6) is 0 Å². The predicted octanol–water partition coefficient (Wildman–Crippen LogP) is 5.06. The topological polar surface area (TPSA) is 109 Å². The lowest BCUT2D eigenvalue weighted by molar-refractivity contribution is -0.128. The minimum absolute atomic E-state index is 0.0173. The molecule has 0 amide bonds. The number of Topliss-reactive ketones (excluding diaryl/α,β-unsaturated/α-hetero) is 2. The maximum Gasteiger partial charge on any atom is 0.185 e. The van der Waals surface area contributed by atoms with E-state index >= 15 is 0 Å². The Bertz CT molecular complexity index is 1440. The zero-order valence-corrected chi connectivity index (χ0v) is 23.1. The second kappa shape index (κ2) is 10.5. The SMILES string of the molecule is CC1(O)CCC(N2CC(CC(=O)CC3(c4ncccn4)CC3)(CC(=O)c3cc(-c4ccc(F)cc4F)on3)C2)CC1. The normalized spacial score (nSPS) is 24.9. The van der Waals surface area contributed by atoms with E-state index in [1.807, 2.05) is 6.92 Å². The third-order valence-electron chi connectivity index (χ3n) is 9.16. The molecular formula is C31H34F2N4O4. The molecule has 3 aromatic rings. The lowest BCUT2D eigenvalue weighted by Crippen LogP contribution is -2.62. The molecule has 0 radical (unpaired) electrons. The smallest absolute Gasteiger partial charge is 0.185 e. The molecule has 0 spiro atoms. The number of likely N-dealkylation sites (tertiary alicyclic amines) is 1. The maximum atomic E-state index is 14.3. The molecule has 216 valence electrons. The molecule has 3 aliphatic rings. The Kier molecular flexibility index (Phi) is 7.10. The average molecular weight is 565 g/mol. The van der Waals surface area contributed by atoms with Gasteiger partial charge in [0.25, 0.3) is 0 Å². The van der Waals surface area contributed by atoms with Crippen LogP contribution >= 0.6 is 0 Å². The highest BCUT2D eigenvalue weighted by Gasteiger charge is 2.52. The van der Waals surface area contributed by atoms with Gasteiger partial charge in [-0.15, -0.1) is 0 Å². The van der Waals surface area contributed by atoms with Gasteiger partial charge in [0.1, 0.15) is 28.9 Å². The van der Waals surface area contributed by atoms with Gasteiger partial charge in [0.15, 0.2) is 11.5 Å². The van der Waals surface area contributed by atoms with Gasteiger partial charge in [-0.25, -0.2) is 18.7 Å². The summed E-state index contributed by atoms with van der Waals surface area (Å²) in [7, 11) is 0. The van der Waals surface area contributed by atoms with Gasteiger partial charge in [-0.2, -0.15) is 0 Å². The summed E-state index contributed by atoms with van der Waals surface area (Å²) < 4.78 is 32.9. The number of nitrogens with zero attached hydrogens (tertiary/aromatic N) is 4. The first-order chi connectivity index (χ1) is 19.6. The number of hydrogen-bond donors (Lipinski definition) is 1. The van der Waals surface area contributed by atoms with Gasteiger partial charge >= 0.3 is 0 Å². The van der Waals surface area contributed by atoms with Crippen LogP contribution in [0.25, 0.3) is 11.3 Å². The number of carbonyl (C=O) groups is 2. The van der Waals surface area contributed by atoms with Gasteiger partial charge in [0.2, 0.25) is 0 Å². The molecule has 10 heteroatoms. The Labute approximate surface area is 237 Å². The van der Waals surface area contributed by atoms with E-state index in [9.17, 15) is 23.5 Å². The van der Waals surface area contributed by atoms with Gasteiger partial charge in [0.05, 0.1) is 11.2 Å². The highest BCUT2D eigenvalue weighted by molar-refractivity contribution is 5.96. The maximum absolute atomic E-state index is 14.3. The van der Waals surface area contributed by atoms with Crippen molar-refractivity contribution in [1.82, 2.24) is 20.0 Å². The Balaban J connectivity index is 1.17. The van der Waals surface area contributed by atoms with E-state index < -0.39 is 22.7 Å². The minimum atomic E-state index is -0.806. The summed E-state index contributed by atoms with van der Waals surface area (Å²) in [5.41, 5.74) is -1.44. The molecule has 41 heavy (non-hydrogen) atoms. The van der Waals surface area contributed by atoms with Crippen molar-refractivity contribution in [3.8, 4) is 11.3 Å². The lowest BCUT2D eigenvalue weighted by Gasteiger charge is -2.54. The van der Waals surface area contributed by atoms with E-state index in [0.717, 1.165) is 50.7 Å². The van der Waals surface area contributed by atoms with E-state index in [4.69, 9.17) is 4.52 Å². The Morgan fingerprint density at radius 2 is 1.73 bits per heavy atom. The van der Waals surface area contributed by atoms with Gasteiger partial charge in [-0.1, -0.05) is 5.16 Å². The average Bonchev–Trinajstić information content (AvgIpc) is 3.52. The highest BCUT2D eigenvalue weighted by atomic mass is 19.1. The number of halogens is 2. The van der Waals surface area contributed by atoms with Crippen molar-refractivity contribution in [2.45, 2.75) is 81.8 Å². The lowest BCUT2D eigenvalue weighted by atomic mass is 9.69. The van der Waals surface area contributed by atoms with Crippen LogP contribution in [0.1, 0.15) is 81.0 Å². The van der Waals surface area contributed by atoms with Crippen molar-refractivity contribution in [2.24, 2.45) is 5.41 Å². The van der Waals surface area contributed by atoms with E-state index in [2.05, 4.69) is 20.0 Å². The van der Waals surface area contributed by atoms with Crippen LogP contribution in [-0.2, 0) is 10.2 Å². The molecule has 1 N–H and O–H groups in total. The van der Waals surface area contributed by atoms with Gasteiger partial charge in [-0.3, -0.25) is 14.5 Å². The molecule has 0 unspecified atom stereocenters. The van der Waals surface area contributed by atoms with Crippen molar-refractivity contribution in [2.75, 3.05) is 13.1 Å². The number of rotatable bonds is 10. The molecule has 3 heterocycles. The number of carbonyl (C=O) groups excluding carboxylic acids is 2. The van der Waals surface area contributed by atoms with Gasteiger partial charge < -0.3 is 9.63 Å². The number of benzene rings is 1. The Morgan fingerprint density at radius 1 is 1.02 bits per heavy atom. The molecular weight excluding hydrogens is 530 g/mol. The number of aromatic nitrogens is 3. The van der Waals surface area contributed by atoms with Gasteiger partial charge in [0, 0.05) is 73.8 Å². The quantitative estimate of drug-likeness (QED) is 0.341. The first-order valence-corrected chi connectivity index (χ1v) is 14.3. The predicted molar refractivity (Wildman–Crippen MR) is 145 cm³/mol. The zero-order chi connectivity index (χ0) is 28.8. The fourth-order valence-electron chi connectivity index (χ4n) is 6.66. The summed E-state index contributed by atoms with van der Waals surface area (Å²) in [6, 6.07) is 6.55. The molecule has 2 saturated carbocycles. The largest absolute Gasteiger partial charge is 0.390 e. The van der Waals surface area contributed by atoms with Crippen molar-refractivity contribution in [3.63, 3.8) is 0 Å². The molecule has 1 saturated heterocycles. The van der Waals surface area contributed by atoms with E-state index in [1.54, 1.807) is 18.5 Å². The number of aliphatic hydroxyl groups is 1. The van der Waals surface area contributed by atoms with Crippen LogP contribution in [0, 0.1) is 17.0 Å². The fourth-order valence-corrected chi connectivity index (χ4v) is 6.66. The monoisotopic (exact) mass is 564 g/mol. The molecule has 8 nitrogen and oxygen atoms in total. The first-order valence-electron chi connectivity index (χ1n) is 14.3. The third kappa shape index (κ3) is 5.85. The van der Waals surface area contributed by atoms with Crippen LogP contribution in [0.4, 0.5) is 8.78 Å². The van der Waals surface area contributed by atoms with Crippen LogP contribution in [0.3, 0.4) is 0 Å². The van der Waals surface area contributed by atoms with Crippen molar-refractivity contribution < 1.29 is 28.0 Å². The second-order valence-corrected chi connectivity index (χ2v) is 12.7. The molecule has 3 fully saturated rings. The standard InChI is InChI=1S/C31H34F2N4O4/c1-29(40)7-5-21(6-8-29)37-18-30(19-37,15-22(38)16-31(9-10-31)28-34-11-2-12-35-28)17-26(39)25-14-27(41-36-25)23-4-3-20(32)13-24(23)33/h2-4,11-14,21,40H,5-10,15-19H2,1H3. The summed E-state index contributed by atoms with van der Waals surface area (Å²) in [5, 5.41) is 14.3. The third-order valence-corrected chi connectivity index (χ3v) is 9.16. The summed E-state index contributed by atoms with van der Waals surface area (Å²) in [6.07, 6.45) is 9.01. The van der Waals surface area contributed by atoms with Crippen LogP contribution in [0.15, 0.2) is 47.2 Å². The second-order valence-electron chi connectivity index (χ2n) is 12.7. The fraction of sp³-hybridized carbons (Fsp3) is 0.516.